The highest BCUT2D eigenvalue weighted by Crippen LogP contribution is 2.47. The monoisotopic (exact) mass is 415 g/mol. The lowest BCUT2D eigenvalue weighted by molar-refractivity contribution is -0.207. The van der Waals surface area contributed by atoms with E-state index in [1.807, 2.05) is 61.9 Å². The van der Waals surface area contributed by atoms with Gasteiger partial charge in [-0.1, -0.05) is 41.4 Å². The zero-order valence-corrected chi connectivity index (χ0v) is 17.1. The summed E-state index contributed by atoms with van der Waals surface area (Å²) in [6, 6.07) is 9.60. The van der Waals surface area contributed by atoms with E-state index in [0.29, 0.717) is 10.8 Å². The number of ether oxygens (including phenoxy) is 3. The Bertz CT molecular complexity index is 1050. The topological polar surface area (TPSA) is 78.6 Å². The molecule has 3 aromatic rings. The summed E-state index contributed by atoms with van der Waals surface area (Å²) >= 11 is 6.20. The highest BCUT2D eigenvalue weighted by Gasteiger charge is 2.58. The first-order chi connectivity index (χ1) is 13.8. The van der Waals surface area contributed by atoms with Crippen molar-refractivity contribution in [1.29, 1.82) is 0 Å². The van der Waals surface area contributed by atoms with Crippen LogP contribution in [0.25, 0.3) is 11.0 Å². The minimum Gasteiger partial charge on any atom is -0.386 e. The van der Waals surface area contributed by atoms with Gasteiger partial charge in [0, 0.05) is 6.20 Å². The van der Waals surface area contributed by atoms with E-state index in [1.54, 1.807) is 0 Å². The molecular formula is C21H22ClN3O4. The zero-order chi connectivity index (χ0) is 20.3. The molecule has 1 unspecified atom stereocenters. The van der Waals surface area contributed by atoms with Crippen LogP contribution < -0.4 is 0 Å². The number of hydrogen-bond acceptors (Lipinski definition) is 6. The molecule has 29 heavy (non-hydrogen) atoms. The quantitative estimate of drug-likeness (QED) is 0.659. The SMILES string of the molecule is Cc1ccc(C(O)[C@H]2O[C@@H](n3ccc4c(Cl)ncnc43)[C@@H]3OC(C)(C)O[C@@H]32)cc1. The molecule has 2 aliphatic rings. The number of aliphatic hydroxyl groups is 1. The van der Waals surface area contributed by atoms with E-state index in [1.165, 1.54) is 6.33 Å². The van der Waals surface area contributed by atoms with Gasteiger partial charge >= 0.3 is 0 Å². The van der Waals surface area contributed by atoms with E-state index < -0.39 is 36.4 Å². The summed E-state index contributed by atoms with van der Waals surface area (Å²) < 4.78 is 20.5. The highest BCUT2D eigenvalue weighted by molar-refractivity contribution is 6.33. The normalized spacial score (nSPS) is 29.3. The summed E-state index contributed by atoms with van der Waals surface area (Å²) in [5, 5.41) is 12.2. The van der Waals surface area contributed by atoms with Crippen molar-refractivity contribution in [2.45, 2.75) is 57.2 Å². The predicted molar refractivity (Wildman–Crippen MR) is 106 cm³/mol. The molecule has 152 valence electrons. The summed E-state index contributed by atoms with van der Waals surface area (Å²) in [4.78, 5) is 8.39. The Morgan fingerprint density at radius 2 is 1.83 bits per heavy atom. The van der Waals surface area contributed by atoms with Crippen LogP contribution in [0.4, 0.5) is 0 Å². The first kappa shape index (κ1) is 19.0. The lowest BCUT2D eigenvalue weighted by Crippen LogP contribution is -2.34. The van der Waals surface area contributed by atoms with Gasteiger partial charge in [0.25, 0.3) is 0 Å². The van der Waals surface area contributed by atoms with Crippen molar-refractivity contribution in [3.8, 4) is 0 Å². The van der Waals surface area contributed by atoms with Crippen molar-refractivity contribution in [1.82, 2.24) is 14.5 Å². The third-order valence-corrected chi connectivity index (χ3v) is 5.83. The number of rotatable bonds is 3. The lowest BCUT2D eigenvalue weighted by atomic mass is 9.98. The van der Waals surface area contributed by atoms with Crippen molar-refractivity contribution >= 4 is 22.6 Å². The van der Waals surface area contributed by atoms with Gasteiger partial charge in [0.15, 0.2) is 12.0 Å². The van der Waals surface area contributed by atoms with Crippen LogP contribution in [0, 0.1) is 6.92 Å². The first-order valence-electron chi connectivity index (χ1n) is 9.57. The highest BCUT2D eigenvalue weighted by atomic mass is 35.5. The van der Waals surface area contributed by atoms with Gasteiger partial charge in [-0.05, 0) is 32.4 Å². The van der Waals surface area contributed by atoms with Crippen LogP contribution in [0.1, 0.15) is 37.3 Å². The third kappa shape index (κ3) is 3.14. The molecule has 7 nitrogen and oxygen atoms in total. The molecule has 5 atom stereocenters. The maximum Gasteiger partial charge on any atom is 0.164 e. The molecule has 1 aromatic carbocycles. The van der Waals surface area contributed by atoms with Crippen LogP contribution in [0.2, 0.25) is 5.15 Å². The van der Waals surface area contributed by atoms with E-state index in [2.05, 4.69) is 9.97 Å². The standard InChI is InChI=1S/C21H22ClN3O4/c1-11-4-6-12(7-5-11)14(26)15-16-17(29-21(2,3)28-16)20(27-15)25-9-8-13-18(22)23-10-24-19(13)25/h4-10,14-17,20,26H,1-3H3/t14?,15-,16-,17-,20-/m1/s1. The van der Waals surface area contributed by atoms with E-state index >= 15 is 0 Å². The molecule has 0 bridgehead atoms. The largest absolute Gasteiger partial charge is 0.386 e. The van der Waals surface area contributed by atoms with E-state index in [9.17, 15) is 5.11 Å². The van der Waals surface area contributed by atoms with Gasteiger partial charge < -0.3 is 23.9 Å². The fraction of sp³-hybridized carbons (Fsp3) is 0.429. The average Bonchev–Trinajstić information content (AvgIpc) is 3.33. The van der Waals surface area contributed by atoms with Crippen molar-refractivity contribution in [2.24, 2.45) is 0 Å². The molecule has 5 rings (SSSR count). The van der Waals surface area contributed by atoms with Crippen molar-refractivity contribution in [3.63, 3.8) is 0 Å². The van der Waals surface area contributed by atoms with Gasteiger partial charge in [-0.25, -0.2) is 9.97 Å². The molecule has 2 aliphatic heterocycles. The van der Waals surface area contributed by atoms with E-state index in [4.69, 9.17) is 25.8 Å². The number of halogens is 1. The molecule has 2 fully saturated rings. The maximum atomic E-state index is 11.1. The Kier molecular flexibility index (Phi) is 4.42. The molecule has 0 saturated carbocycles. The van der Waals surface area contributed by atoms with Gasteiger partial charge in [0.05, 0.1) is 5.39 Å². The smallest absolute Gasteiger partial charge is 0.164 e. The van der Waals surface area contributed by atoms with Crippen LogP contribution >= 0.6 is 11.6 Å². The number of benzene rings is 1. The van der Waals surface area contributed by atoms with Crippen LogP contribution in [0.3, 0.4) is 0 Å². The van der Waals surface area contributed by atoms with Gasteiger partial charge in [-0.15, -0.1) is 0 Å². The Balaban J connectivity index is 1.53. The molecular weight excluding hydrogens is 394 g/mol. The number of aryl methyl sites for hydroxylation is 1. The predicted octanol–water partition coefficient (Wildman–Crippen LogP) is 3.54. The molecule has 2 aromatic heterocycles. The van der Waals surface area contributed by atoms with E-state index in [0.717, 1.165) is 16.5 Å². The van der Waals surface area contributed by atoms with Gasteiger partial charge in [0.2, 0.25) is 0 Å². The summed E-state index contributed by atoms with van der Waals surface area (Å²) in [7, 11) is 0. The van der Waals surface area contributed by atoms with Crippen LogP contribution in [0.15, 0.2) is 42.9 Å². The van der Waals surface area contributed by atoms with Crippen LogP contribution in [0.5, 0.6) is 0 Å². The second kappa shape index (κ2) is 6.75. The third-order valence-electron chi connectivity index (χ3n) is 5.53. The van der Waals surface area contributed by atoms with Gasteiger partial charge in [-0.3, -0.25) is 0 Å². The van der Waals surface area contributed by atoms with Gasteiger partial charge in [0.1, 0.15) is 41.5 Å². The Morgan fingerprint density at radius 1 is 1.10 bits per heavy atom. The number of hydrogen-bond donors (Lipinski definition) is 1. The molecule has 1 N–H and O–H groups in total. The average molecular weight is 416 g/mol. The fourth-order valence-electron chi connectivity index (χ4n) is 4.18. The molecule has 4 heterocycles. The van der Waals surface area contributed by atoms with Crippen molar-refractivity contribution in [2.75, 3.05) is 0 Å². The molecule has 0 amide bonds. The van der Waals surface area contributed by atoms with Crippen molar-refractivity contribution in [3.05, 3.63) is 59.1 Å². The number of aliphatic hydroxyl groups excluding tert-OH is 1. The van der Waals surface area contributed by atoms with Crippen LogP contribution in [-0.4, -0.2) is 43.7 Å². The Hall–Kier alpha value is -2.03. The minimum absolute atomic E-state index is 0.378. The molecule has 2 saturated heterocycles. The van der Waals surface area contributed by atoms with Crippen LogP contribution in [-0.2, 0) is 14.2 Å². The summed E-state index contributed by atoms with van der Waals surface area (Å²) in [6.07, 6.45) is 0.468. The fourth-order valence-corrected chi connectivity index (χ4v) is 4.38. The minimum atomic E-state index is -0.856. The first-order valence-corrected chi connectivity index (χ1v) is 9.95. The number of aromatic nitrogens is 3. The second-order valence-electron chi connectivity index (χ2n) is 8.04. The second-order valence-corrected chi connectivity index (χ2v) is 8.39. The maximum absolute atomic E-state index is 11.1. The molecule has 0 radical (unpaired) electrons. The van der Waals surface area contributed by atoms with E-state index in [-0.39, 0.29) is 0 Å². The molecule has 8 heteroatoms. The van der Waals surface area contributed by atoms with Gasteiger partial charge in [-0.2, -0.15) is 0 Å². The summed E-state index contributed by atoms with van der Waals surface area (Å²) in [5.41, 5.74) is 2.55. The summed E-state index contributed by atoms with van der Waals surface area (Å²) in [5.74, 6) is -0.780. The molecule has 0 aliphatic carbocycles. The Labute approximate surface area is 173 Å². The number of fused-ring (bicyclic) bond motifs is 2. The summed E-state index contributed by atoms with van der Waals surface area (Å²) in [6.45, 7) is 5.74. The van der Waals surface area contributed by atoms with Crippen molar-refractivity contribution < 1.29 is 19.3 Å². The zero-order valence-electron chi connectivity index (χ0n) is 16.3. The lowest BCUT2D eigenvalue weighted by Gasteiger charge is -2.27. The molecule has 0 spiro atoms. The Morgan fingerprint density at radius 3 is 2.59 bits per heavy atom. The number of nitrogens with zero attached hydrogens (tertiary/aromatic N) is 3.